The quantitative estimate of drug-likeness (QED) is 0.391. The Bertz CT molecular complexity index is 155. The molecule has 0 aromatic rings. The molecule has 0 N–H and O–H groups in total. The van der Waals surface area contributed by atoms with Gasteiger partial charge in [-0.2, -0.15) is 0 Å². The predicted molar refractivity (Wildman–Crippen MR) is 65.2 cm³/mol. The highest BCUT2D eigenvalue weighted by Crippen LogP contribution is 2.10. The zero-order chi connectivity index (χ0) is 10.9. The van der Waals surface area contributed by atoms with Crippen LogP contribution in [0.5, 0.6) is 0 Å². The topological polar surface area (TPSA) is 0 Å². The summed E-state index contributed by atoms with van der Waals surface area (Å²) in [6.07, 6.45) is 8.51. The highest BCUT2D eigenvalue weighted by molar-refractivity contribution is 4.76. The highest BCUT2D eigenvalue weighted by Gasteiger charge is 2.21. The van der Waals surface area contributed by atoms with Crippen LogP contribution in [0.25, 0.3) is 0 Å². The molecule has 0 aromatic heterocycles. The van der Waals surface area contributed by atoms with Gasteiger partial charge in [-0.1, -0.05) is 33.1 Å². The van der Waals surface area contributed by atoms with Gasteiger partial charge in [-0.05, 0) is 24.6 Å². The fourth-order valence-electron chi connectivity index (χ4n) is 1.81. The van der Waals surface area contributed by atoms with Crippen LogP contribution in [0.1, 0.15) is 19.8 Å². The van der Waals surface area contributed by atoms with Gasteiger partial charge in [-0.15, -0.1) is 0 Å². The lowest BCUT2D eigenvalue weighted by Crippen LogP contribution is -2.49. The molecule has 0 saturated heterocycles. The van der Waals surface area contributed by atoms with Crippen molar-refractivity contribution in [2.75, 3.05) is 26.2 Å². The van der Waals surface area contributed by atoms with Crippen molar-refractivity contribution >= 4 is 0 Å². The Morgan fingerprint density at radius 3 is 1.64 bits per heavy atom. The minimum atomic E-state index is 1.01. The molecule has 1 heteroatoms. The van der Waals surface area contributed by atoms with E-state index in [9.17, 15) is 0 Å². The number of unbranched alkanes of at least 4 members (excludes halogenated alkanes) is 1. The predicted octanol–water partition coefficient (Wildman–Crippen LogP) is 3.16. The van der Waals surface area contributed by atoms with Crippen LogP contribution in [0.4, 0.5) is 0 Å². The third-order valence-corrected chi connectivity index (χ3v) is 2.54. The van der Waals surface area contributed by atoms with Crippen molar-refractivity contribution in [2.45, 2.75) is 19.8 Å². The van der Waals surface area contributed by atoms with Crippen LogP contribution in [0, 0.1) is 0 Å². The first kappa shape index (κ1) is 13.2. The maximum absolute atomic E-state index is 3.83. The summed E-state index contributed by atoms with van der Waals surface area (Å²) >= 11 is 0. The number of hydrogen-bond acceptors (Lipinski definition) is 0. The molecule has 0 aliphatic heterocycles. The van der Waals surface area contributed by atoms with E-state index in [1.807, 2.05) is 18.2 Å². The molecule has 0 aromatic carbocycles. The van der Waals surface area contributed by atoms with Crippen LogP contribution in [-0.4, -0.2) is 30.7 Å². The lowest BCUT2D eigenvalue weighted by atomic mass is 10.2. The van der Waals surface area contributed by atoms with E-state index in [2.05, 4.69) is 26.7 Å². The van der Waals surface area contributed by atoms with Gasteiger partial charge in [0.2, 0.25) is 0 Å². The Labute approximate surface area is 89.0 Å². The maximum Gasteiger partial charge on any atom is 0.0975 e. The fraction of sp³-hybridized carbons (Fsp3) is 0.538. The first-order valence-corrected chi connectivity index (χ1v) is 5.42. The van der Waals surface area contributed by atoms with E-state index in [1.54, 1.807) is 0 Å². The van der Waals surface area contributed by atoms with E-state index in [0.29, 0.717) is 0 Å². The van der Waals surface area contributed by atoms with E-state index in [1.165, 1.54) is 19.4 Å². The average molecular weight is 194 g/mol. The van der Waals surface area contributed by atoms with E-state index in [4.69, 9.17) is 0 Å². The zero-order valence-electron chi connectivity index (χ0n) is 9.54. The number of hydrogen-bond donors (Lipinski definition) is 0. The van der Waals surface area contributed by atoms with Crippen LogP contribution in [0.15, 0.2) is 38.0 Å². The summed E-state index contributed by atoms with van der Waals surface area (Å²) < 4.78 is 1.03. The smallest absolute Gasteiger partial charge is 0.0975 e. The fourth-order valence-corrected chi connectivity index (χ4v) is 1.81. The lowest BCUT2D eigenvalue weighted by molar-refractivity contribution is -0.912. The maximum atomic E-state index is 3.83. The molecule has 0 spiro atoms. The molecular weight excluding hydrogens is 170 g/mol. The second-order valence-electron chi connectivity index (χ2n) is 3.83. The molecule has 0 atom stereocenters. The molecule has 0 rings (SSSR count). The molecular formula is C13H24N+. The summed E-state index contributed by atoms with van der Waals surface area (Å²) in [7, 11) is 0. The van der Waals surface area contributed by atoms with Gasteiger partial charge in [0.15, 0.2) is 0 Å². The van der Waals surface area contributed by atoms with Gasteiger partial charge < -0.3 is 4.48 Å². The monoisotopic (exact) mass is 194 g/mol. The molecule has 0 aliphatic carbocycles. The minimum absolute atomic E-state index is 1.01. The Morgan fingerprint density at radius 1 is 0.929 bits per heavy atom. The van der Waals surface area contributed by atoms with Gasteiger partial charge in [-0.25, -0.2) is 0 Å². The molecule has 0 fully saturated rings. The van der Waals surface area contributed by atoms with Crippen molar-refractivity contribution in [1.82, 2.24) is 0 Å². The van der Waals surface area contributed by atoms with Gasteiger partial charge in [0.1, 0.15) is 0 Å². The zero-order valence-corrected chi connectivity index (χ0v) is 9.54. The van der Waals surface area contributed by atoms with Gasteiger partial charge in [0.05, 0.1) is 26.2 Å². The molecule has 0 radical (unpaired) electrons. The Hall–Kier alpha value is -0.820. The number of quaternary nitrogens is 1. The van der Waals surface area contributed by atoms with Gasteiger partial charge in [0, 0.05) is 0 Å². The van der Waals surface area contributed by atoms with Crippen molar-refractivity contribution in [2.24, 2.45) is 0 Å². The second kappa shape index (κ2) is 7.57. The highest BCUT2D eigenvalue weighted by atomic mass is 15.3. The molecule has 1 nitrogen and oxygen atoms in total. The molecule has 0 aliphatic rings. The van der Waals surface area contributed by atoms with Crippen LogP contribution >= 0.6 is 0 Å². The summed E-state index contributed by atoms with van der Waals surface area (Å²) in [5.41, 5.74) is 0. The van der Waals surface area contributed by atoms with Crippen molar-refractivity contribution in [3.8, 4) is 0 Å². The van der Waals surface area contributed by atoms with E-state index < -0.39 is 0 Å². The van der Waals surface area contributed by atoms with Gasteiger partial charge in [0.25, 0.3) is 0 Å². The van der Waals surface area contributed by atoms with E-state index in [-0.39, 0.29) is 0 Å². The normalized spacial score (nSPS) is 10.9. The third-order valence-electron chi connectivity index (χ3n) is 2.54. The van der Waals surface area contributed by atoms with Gasteiger partial charge in [-0.3, -0.25) is 0 Å². The SMILES string of the molecule is C=CC[N+](CC=C)(CC=C)CCCC. The summed E-state index contributed by atoms with van der Waals surface area (Å²) in [6.45, 7) is 18.0. The van der Waals surface area contributed by atoms with Crippen molar-refractivity contribution in [3.05, 3.63) is 38.0 Å². The third kappa shape index (κ3) is 4.43. The lowest BCUT2D eigenvalue weighted by Gasteiger charge is -2.36. The summed E-state index contributed by atoms with van der Waals surface area (Å²) in [6, 6.07) is 0. The molecule has 0 bridgehead atoms. The summed E-state index contributed by atoms with van der Waals surface area (Å²) in [5, 5.41) is 0. The Morgan fingerprint density at radius 2 is 1.36 bits per heavy atom. The average Bonchev–Trinajstić information content (AvgIpc) is 2.16. The Balaban J connectivity index is 4.43. The number of rotatable bonds is 9. The van der Waals surface area contributed by atoms with Crippen molar-refractivity contribution in [3.63, 3.8) is 0 Å². The first-order chi connectivity index (χ1) is 6.74. The van der Waals surface area contributed by atoms with Crippen LogP contribution in [0.2, 0.25) is 0 Å². The molecule has 14 heavy (non-hydrogen) atoms. The van der Waals surface area contributed by atoms with E-state index in [0.717, 1.165) is 24.1 Å². The molecule has 0 unspecified atom stereocenters. The van der Waals surface area contributed by atoms with Crippen molar-refractivity contribution in [1.29, 1.82) is 0 Å². The summed E-state index contributed by atoms with van der Waals surface area (Å²) in [5.74, 6) is 0. The largest absolute Gasteiger partial charge is 0.314 e. The molecule has 0 heterocycles. The van der Waals surface area contributed by atoms with Crippen LogP contribution in [0.3, 0.4) is 0 Å². The van der Waals surface area contributed by atoms with E-state index >= 15 is 0 Å². The Kier molecular flexibility index (Phi) is 7.13. The van der Waals surface area contributed by atoms with Crippen LogP contribution < -0.4 is 0 Å². The first-order valence-electron chi connectivity index (χ1n) is 5.42. The molecule has 0 saturated carbocycles. The minimum Gasteiger partial charge on any atom is -0.314 e. The second-order valence-corrected chi connectivity index (χ2v) is 3.83. The standard InChI is InChI=1S/C13H24N/c1-5-9-13-14(10-6-2,11-7-3)12-8-4/h6-8H,2-5,9-13H2,1H3/q+1. The molecule has 80 valence electrons. The van der Waals surface area contributed by atoms with Gasteiger partial charge >= 0.3 is 0 Å². The molecule has 0 amide bonds. The van der Waals surface area contributed by atoms with Crippen molar-refractivity contribution < 1.29 is 4.48 Å². The number of nitrogens with zero attached hydrogens (tertiary/aromatic N) is 1. The summed E-state index contributed by atoms with van der Waals surface area (Å²) in [4.78, 5) is 0. The van der Waals surface area contributed by atoms with Crippen LogP contribution in [-0.2, 0) is 0 Å².